The van der Waals surface area contributed by atoms with E-state index in [0.717, 1.165) is 22.9 Å². The lowest BCUT2D eigenvalue weighted by Gasteiger charge is -2.07. The summed E-state index contributed by atoms with van der Waals surface area (Å²) in [4.78, 5) is 14.9. The highest BCUT2D eigenvalue weighted by Crippen LogP contribution is 2.39. The molecule has 1 N–H and O–H groups in total. The number of fused-ring (bicyclic) bond motifs is 1. The van der Waals surface area contributed by atoms with Gasteiger partial charge in [-0.2, -0.15) is 5.10 Å². The van der Waals surface area contributed by atoms with E-state index in [1.807, 2.05) is 49.4 Å². The molecule has 1 fully saturated rings. The molecular formula is C23H24N4O. The fraction of sp³-hybridized carbons (Fsp3) is 0.174. The summed E-state index contributed by atoms with van der Waals surface area (Å²) in [5.41, 5.74) is 5.03. The van der Waals surface area contributed by atoms with Crippen molar-refractivity contribution in [3.05, 3.63) is 84.1 Å². The van der Waals surface area contributed by atoms with Gasteiger partial charge in [-0.15, -0.1) is 0 Å². The van der Waals surface area contributed by atoms with Crippen LogP contribution in [-0.4, -0.2) is 21.0 Å². The van der Waals surface area contributed by atoms with E-state index in [-0.39, 0.29) is 1.43 Å². The molecule has 142 valence electrons. The first kappa shape index (κ1) is 17.9. The number of hydrogen-bond acceptors (Lipinski definition) is 3. The fourth-order valence-electron chi connectivity index (χ4n) is 3.18. The minimum absolute atomic E-state index is 0. The Morgan fingerprint density at radius 1 is 1.04 bits per heavy atom. The summed E-state index contributed by atoms with van der Waals surface area (Å²) in [7, 11) is 0. The smallest absolute Gasteiger partial charge is 0.212 e. The molecule has 2 aromatic carbocycles. The number of aryl methyl sites for hydroxylation is 1. The highest BCUT2D eigenvalue weighted by Gasteiger charge is 2.22. The van der Waals surface area contributed by atoms with Gasteiger partial charge in [0.05, 0.1) is 11.4 Å². The van der Waals surface area contributed by atoms with Crippen molar-refractivity contribution < 1.29 is 6.22 Å². The maximum atomic E-state index is 10.6. The largest absolute Gasteiger partial charge is 0.313 e. The number of aromatic nitrogens is 3. The van der Waals surface area contributed by atoms with Crippen LogP contribution in [0.25, 0.3) is 16.9 Å². The zero-order valence-corrected chi connectivity index (χ0v) is 15.7. The number of hydrogen-bond donors (Lipinski definition) is 1. The Labute approximate surface area is 165 Å². The van der Waals surface area contributed by atoms with Crippen molar-refractivity contribution in [1.29, 1.82) is 0 Å². The predicted octanol–water partition coefficient (Wildman–Crippen LogP) is 5.08. The van der Waals surface area contributed by atoms with Crippen molar-refractivity contribution in [2.45, 2.75) is 25.7 Å². The van der Waals surface area contributed by atoms with E-state index in [0.29, 0.717) is 17.9 Å². The van der Waals surface area contributed by atoms with Crippen LogP contribution in [0.1, 0.15) is 31.4 Å². The fourth-order valence-corrected chi connectivity index (χ4v) is 3.18. The molecule has 2 aromatic heterocycles. The van der Waals surface area contributed by atoms with Gasteiger partial charge in [0, 0.05) is 19.1 Å². The van der Waals surface area contributed by atoms with Crippen molar-refractivity contribution in [3.63, 3.8) is 0 Å². The topological polar surface area (TPSA) is 59.3 Å². The van der Waals surface area contributed by atoms with Gasteiger partial charge in [-0.05, 0) is 31.2 Å². The highest BCUT2D eigenvalue weighted by molar-refractivity contribution is 5.74. The van der Waals surface area contributed by atoms with Crippen LogP contribution in [0.15, 0.2) is 72.8 Å². The molecule has 0 spiro atoms. The first-order chi connectivity index (χ1) is 13.7. The molecule has 1 amide bonds. The van der Waals surface area contributed by atoms with Gasteiger partial charge in [0.1, 0.15) is 5.82 Å². The average Bonchev–Trinajstić information content (AvgIpc) is 3.51. The average molecular weight is 372 g/mol. The zero-order valence-electron chi connectivity index (χ0n) is 15.7. The normalized spacial score (nSPS) is 12.9. The van der Waals surface area contributed by atoms with Crippen molar-refractivity contribution >= 4 is 17.9 Å². The van der Waals surface area contributed by atoms with Crippen LogP contribution < -0.4 is 5.32 Å². The van der Waals surface area contributed by atoms with E-state index in [1.54, 1.807) is 4.52 Å². The molecule has 0 aliphatic heterocycles. The molecule has 0 radical (unpaired) electrons. The Kier molecular flexibility index (Phi) is 5.15. The van der Waals surface area contributed by atoms with E-state index >= 15 is 0 Å². The molecule has 0 atom stereocenters. The lowest BCUT2D eigenvalue weighted by Crippen LogP contribution is -2.02. The number of carbonyl (C=O) groups excluding carboxylic acids is 1. The molecule has 5 rings (SSSR count). The predicted molar refractivity (Wildman–Crippen MR) is 113 cm³/mol. The van der Waals surface area contributed by atoms with Crippen molar-refractivity contribution in [2.75, 3.05) is 5.32 Å². The van der Waals surface area contributed by atoms with Crippen molar-refractivity contribution in [1.82, 2.24) is 14.6 Å². The van der Waals surface area contributed by atoms with Gasteiger partial charge in [-0.3, -0.25) is 4.79 Å². The van der Waals surface area contributed by atoms with Crippen molar-refractivity contribution in [3.8, 4) is 11.3 Å². The van der Waals surface area contributed by atoms with E-state index < -0.39 is 0 Å². The summed E-state index contributed by atoms with van der Waals surface area (Å²) >= 11 is 0. The molecule has 0 bridgehead atoms. The van der Waals surface area contributed by atoms with E-state index in [4.69, 9.17) is 0 Å². The molecule has 5 heteroatoms. The third-order valence-corrected chi connectivity index (χ3v) is 4.67. The minimum Gasteiger partial charge on any atom is -0.313 e. The second kappa shape index (κ2) is 8.05. The monoisotopic (exact) mass is 372 g/mol. The van der Waals surface area contributed by atoms with Crippen LogP contribution in [0.4, 0.5) is 5.82 Å². The number of amides is 1. The zero-order chi connectivity index (χ0) is 19.3. The molecule has 1 saturated carbocycles. The second-order valence-corrected chi connectivity index (χ2v) is 6.90. The lowest BCUT2D eigenvalue weighted by molar-refractivity contribution is -0.105. The number of nitrogens with zero attached hydrogens (tertiary/aromatic N) is 3. The van der Waals surface area contributed by atoms with E-state index in [9.17, 15) is 4.79 Å². The van der Waals surface area contributed by atoms with Crippen LogP contribution in [0.2, 0.25) is 0 Å². The van der Waals surface area contributed by atoms with Crippen LogP contribution in [0.5, 0.6) is 0 Å². The first-order valence-corrected chi connectivity index (χ1v) is 9.42. The molecule has 0 saturated heterocycles. The lowest BCUT2D eigenvalue weighted by atomic mass is 10.1. The van der Waals surface area contributed by atoms with Crippen LogP contribution in [0, 0.1) is 6.92 Å². The van der Waals surface area contributed by atoms with Crippen LogP contribution in [-0.2, 0) is 4.79 Å². The summed E-state index contributed by atoms with van der Waals surface area (Å²) in [6.07, 6.45) is 3.44. The number of carbonyl (C=O) groups is 1. The second-order valence-electron chi connectivity index (χ2n) is 6.90. The van der Waals surface area contributed by atoms with Gasteiger partial charge in [-0.1, -0.05) is 60.7 Å². The van der Waals surface area contributed by atoms with Gasteiger partial charge < -0.3 is 5.32 Å². The molecule has 5 nitrogen and oxygen atoms in total. The summed E-state index contributed by atoms with van der Waals surface area (Å²) in [5.74, 6) is 1.42. The third kappa shape index (κ3) is 4.09. The summed E-state index contributed by atoms with van der Waals surface area (Å²) in [6, 6.07) is 24.3. The number of anilines is 1. The highest BCUT2D eigenvalue weighted by atomic mass is 16.1. The van der Waals surface area contributed by atoms with Gasteiger partial charge >= 0.3 is 0 Å². The third-order valence-electron chi connectivity index (χ3n) is 4.67. The van der Waals surface area contributed by atoms with Crippen molar-refractivity contribution in [2.24, 2.45) is 0 Å². The maximum Gasteiger partial charge on any atom is 0.212 e. The number of rotatable bonds is 4. The number of benzene rings is 2. The Morgan fingerprint density at radius 2 is 1.71 bits per heavy atom. The standard InChI is InChI=1S/C14H12N4O.C9H10.H2/c1-10-7-14-16-13(15-9-19)8-12(18(14)17-10)11-5-3-2-4-6-11;1-2-4-8(5-3-1)9-6-7-9;/h2-9H,1H3,(H,15,16,19);1-5,9H,6-7H2;1H. The Balaban J connectivity index is 0.000000201. The molecule has 1 aliphatic carbocycles. The van der Waals surface area contributed by atoms with Crippen LogP contribution >= 0.6 is 0 Å². The molecule has 0 unspecified atom stereocenters. The molecule has 2 heterocycles. The quantitative estimate of drug-likeness (QED) is 0.508. The Morgan fingerprint density at radius 3 is 2.36 bits per heavy atom. The number of nitrogens with one attached hydrogen (secondary N) is 1. The van der Waals surface area contributed by atoms with E-state index in [1.165, 1.54) is 18.4 Å². The molecule has 4 aromatic rings. The summed E-state index contributed by atoms with van der Waals surface area (Å²) < 4.78 is 1.78. The SMILES string of the molecule is Cc1cc2nc(NC=O)cc(-c3ccccc3)n2n1.[HH].c1ccc(C2CC2)cc1. The maximum absolute atomic E-state index is 10.6. The summed E-state index contributed by atoms with van der Waals surface area (Å²) in [6.45, 7) is 1.91. The Hall–Kier alpha value is -3.47. The van der Waals surface area contributed by atoms with Gasteiger partial charge in [0.15, 0.2) is 5.65 Å². The van der Waals surface area contributed by atoms with Gasteiger partial charge in [0.25, 0.3) is 0 Å². The van der Waals surface area contributed by atoms with Gasteiger partial charge in [-0.25, -0.2) is 9.50 Å². The minimum atomic E-state index is 0. The molecule has 1 aliphatic rings. The molecule has 28 heavy (non-hydrogen) atoms. The Bertz CT molecular complexity index is 1080. The van der Waals surface area contributed by atoms with E-state index in [2.05, 4.69) is 45.7 Å². The first-order valence-electron chi connectivity index (χ1n) is 9.42. The van der Waals surface area contributed by atoms with Gasteiger partial charge in [0.2, 0.25) is 6.41 Å². The molecular weight excluding hydrogens is 348 g/mol. The van der Waals surface area contributed by atoms with Crippen LogP contribution in [0.3, 0.4) is 0 Å². The summed E-state index contributed by atoms with van der Waals surface area (Å²) in [5, 5.41) is 7.02.